The molecule has 0 amide bonds. The third kappa shape index (κ3) is 1.24. The lowest BCUT2D eigenvalue weighted by atomic mass is 10.2. The number of fused-ring (bicyclic) bond motifs is 7. The smallest absolute Gasteiger partial charge is 0.140 e. The molecular weight excluding hydrogens is 246 g/mol. The van der Waals surface area contributed by atoms with Gasteiger partial charge in [0.2, 0.25) is 0 Å². The summed E-state index contributed by atoms with van der Waals surface area (Å²) in [4.78, 5) is 4.88. The van der Waals surface area contributed by atoms with Gasteiger partial charge in [-0.15, -0.1) is 0 Å². The van der Waals surface area contributed by atoms with Crippen molar-refractivity contribution in [3.63, 3.8) is 0 Å². The number of rotatable bonds is 0. The summed E-state index contributed by atoms with van der Waals surface area (Å²) in [6.45, 7) is 0. The normalized spacial score (nSPS) is 17.0. The van der Waals surface area contributed by atoms with Crippen molar-refractivity contribution < 1.29 is 0 Å². The van der Waals surface area contributed by atoms with Crippen molar-refractivity contribution in [3.8, 4) is 0 Å². The zero-order valence-electron chi connectivity index (χ0n) is 11.0. The van der Waals surface area contributed by atoms with Gasteiger partial charge in [0.1, 0.15) is 11.3 Å². The standard InChI is InChI=1S/C17H13N3/c18-17-15-12-8-10(12)11-9-13(11)16(15)19-14-6-4-2-1-3-5-7-20(14)17/h1-5,7,18H,6,8-9H2. The predicted molar refractivity (Wildman–Crippen MR) is 78.5 cm³/mol. The Balaban J connectivity index is 1.91. The van der Waals surface area contributed by atoms with Crippen molar-refractivity contribution in [2.24, 2.45) is 0 Å². The van der Waals surface area contributed by atoms with Crippen LogP contribution in [0.2, 0.25) is 0 Å². The maximum atomic E-state index is 8.58. The second kappa shape index (κ2) is 3.37. The fourth-order valence-corrected chi connectivity index (χ4v) is 3.23. The first kappa shape index (κ1) is 10.4. The minimum absolute atomic E-state index is 0.591. The van der Waals surface area contributed by atoms with Crippen molar-refractivity contribution >= 4 is 17.1 Å². The Morgan fingerprint density at radius 2 is 1.75 bits per heavy atom. The lowest BCUT2D eigenvalue weighted by molar-refractivity contribution is 0.865. The van der Waals surface area contributed by atoms with E-state index < -0.39 is 0 Å². The number of aromatic nitrogens is 2. The minimum atomic E-state index is 0.591. The molecule has 1 aliphatic heterocycles. The van der Waals surface area contributed by atoms with Gasteiger partial charge < -0.3 is 0 Å². The fourth-order valence-electron chi connectivity index (χ4n) is 3.23. The molecule has 0 unspecified atom stereocenters. The Hall–Kier alpha value is -2.42. The van der Waals surface area contributed by atoms with Gasteiger partial charge in [-0.25, -0.2) is 4.98 Å². The summed E-state index contributed by atoms with van der Waals surface area (Å²) in [6, 6.07) is 0. The van der Waals surface area contributed by atoms with Crippen LogP contribution in [-0.2, 0) is 19.3 Å². The third-order valence-electron chi connectivity index (χ3n) is 4.38. The van der Waals surface area contributed by atoms with E-state index >= 15 is 0 Å². The monoisotopic (exact) mass is 259 g/mol. The molecular formula is C17H13N3. The van der Waals surface area contributed by atoms with Crippen LogP contribution in [0, 0.1) is 5.41 Å². The van der Waals surface area contributed by atoms with Gasteiger partial charge >= 0.3 is 0 Å². The summed E-state index contributed by atoms with van der Waals surface area (Å²) in [7, 11) is 0. The van der Waals surface area contributed by atoms with Crippen molar-refractivity contribution in [1.29, 1.82) is 5.41 Å². The van der Waals surface area contributed by atoms with Crippen LogP contribution in [0.5, 0.6) is 0 Å². The molecule has 3 heteroatoms. The van der Waals surface area contributed by atoms with E-state index in [4.69, 9.17) is 10.4 Å². The second-order valence-corrected chi connectivity index (χ2v) is 5.60. The Morgan fingerprint density at radius 1 is 0.950 bits per heavy atom. The zero-order valence-corrected chi connectivity index (χ0v) is 11.0. The Bertz CT molecular complexity index is 939. The number of nitrogens with zero attached hydrogens (tertiary/aromatic N) is 2. The summed E-state index contributed by atoms with van der Waals surface area (Å²) in [6.07, 6.45) is 15.0. The highest BCUT2D eigenvalue weighted by Gasteiger charge is 2.37. The SMILES string of the molecule is N=c1c2c3c(c4c(c2nc2n1C=CC=CC=CC2)C4)C3. The van der Waals surface area contributed by atoms with E-state index in [1.807, 2.05) is 35.1 Å². The number of allylic oxidation sites excluding steroid dienone is 5. The van der Waals surface area contributed by atoms with E-state index in [-0.39, 0.29) is 0 Å². The van der Waals surface area contributed by atoms with Crippen LogP contribution in [0.15, 0.2) is 30.4 Å². The minimum Gasteiger partial charge on any atom is -0.289 e. The fraction of sp³-hybridized carbons (Fsp3) is 0.176. The summed E-state index contributed by atoms with van der Waals surface area (Å²) < 4.78 is 1.93. The van der Waals surface area contributed by atoms with Gasteiger partial charge in [-0.1, -0.05) is 24.3 Å². The first-order chi connectivity index (χ1) is 9.84. The third-order valence-corrected chi connectivity index (χ3v) is 4.38. The number of hydrogen-bond donors (Lipinski definition) is 1. The highest BCUT2D eigenvalue weighted by atomic mass is 15.1. The molecule has 3 aliphatic rings. The van der Waals surface area contributed by atoms with E-state index in [1.165, 1.54) is 22.3 Å². The molecule has 0 atom stereocenters. The van der Waals surface area contributed by atoms with E-state index in [0.717, 1.165) is 36.0 Å². The van der Waals surface area contributed by atoms with Gasteiger partial charge in [-0.3, -0.25) is 9.98 Å². The molecule has 96 valence electrons. The van der Waals surface area contributed by atoms with Crippen LogP contribution in [-0.4, -0.2) is 9.55 Å². The van der Waals surface area contributed by atoms with Crippen LogP contribution in [0.3, 0.4) is 0 Å². The maximum absolute atomic E-state index is 8.58. The summed E-state index contributed by atoms with van der Waals surface area (Å²) in [5.41, 5.74) is 7.44. The van der Waals surface area contributed by atoms with Gasteiger partial charge in [-0.05, 0) is 34.8 Å². The van der Waals surface area contributed by atoms with E-state index in [0.29, 0.717) is 5.49 Å². The van der Waals surface area contributed by atoms with Crippen molar-refractivity contribution in [1.82, 2.24) is 9.55 Å². The van der Waals surface area contributed by atoms with Crippen molar-refractivity contribution in [3.05, 3.63) is 63.9 Å². The molecule has 1 aromatic heterocycles. The predicted octanol–water partition coefficient (Wildman–Crippen LogP) is 2.46. The quantitative estimate of drug-likeness (QED) is 0.518. The first-order valence-corrected chi connectivity index (χ1v) is 7.00. The van der Waals surface area contributed by atoms with Gasteiger partial charge in [-0.2, -0.15) is 0 Å². The molecule has 3 nitrogen and oxygen atoms in total. The van der Waals surface area contributed by atoms with E-state index in [1.54, 1.807) is 0 Å². The zero-order chi connectivity index (χ0) is 13.3. The molecule has 1 N–H and O–H groups in total. The van der Waals surface area contributed by atoms with Crippen LogP contribution in [0.1, 0.15) is 28.1 Å². The Morgan fingerprint density at radius 3 is 2.70 bits per heavy atom. The molecule has 0 saturated heterocycles. The lowest BCUT2D eigenvalue weighted by Crippen LogP contribution is -2.21. The molecule has 5 rings (SSSR count). The average molecular weight is 259 g/mol. The van der Waals surface area contributed by atoms with E-state index in [9.17, 15) is 0 Å². The molecule has 2 heterocycles. The van der Waals surface area contributed by atoms with E-state index in [2.05, 4.69) is 6.08 Å². The van der Waals surface area contributed by atoms with Gasteiger partial charge in [0.15, 0.2) is 0 Å². The molecule has 0 fully saturated rings. The molecule has 0 radical (unpaired) electrons. The second-order valence-electron chi connectivity index (χ2n) is 5.60. The Labute approximate surface area is 116 Å². The number of benzene rings is 1. The summed E-state index contributed by atoms with van der Waals surface area (Å²) >= 11 is 0. The molecule has 0 bridgehead atoms. The molecule has 1 aromatic carbocycles. The van der Waals surface area contributed by atoms with Gasteiger partial charge in [0.25, 0.3) is 0 Å². The van der Waals surface area contributed by atoms with Crippen molar-refractivity contribution in [2.45, 2.75) is 19.3 Å². The highest BCUT2D eigenvalue weighted by molar-refractivity contribution is 5.95. The topological polar surface area (TPSA) is 41.7 Å². The lowest BCUT2D eigenvalue weighted by Gasteiger charge is -2.09. The van der Waals surface area contributed by atoms with Gasteiger partial charge in [0.05, 0.1) is 5.52 Å². The maximum Gasteiger partial charge on any atom is 0.140 e. The summed E-state index contributed by atoms with van der Waals surface area (Å²) in [5.74, 6) is 0.952. The van der Waals surface area contributed by atoms with Crippen molar-refractivity contribution in [2.75, 3.05) is 0 Å². The molecule has 2 aromatic rings. The van der Waals surface area contributed by atoms with Crippen LogP contribution >= 0.6 is 0 Å². The molecule has 0 spiro atoms. The average Bonchev–Trinajstić information content (AvgIpc) is 3.28. The molecule has 20 heavy (non-hydrogen) atoms. The summed E-state index contributed by atoms with van der Waals surface area (Å²) in [5, 5.41) is 9.66. The van der Waals surface area contributed by atoms with Crippen LogP contribution in [0.4, 0.5) is 0 Å². The number of hydrogen-bond acceptors (Lipinski definition) is 2. The van der Waals surface area contributed by atoms with Gasteiger partial charge in [0, 0.05) is 24.4 Å². The largest absolute Gasteiger partial charge is 0.289 e. The first-order valence-electron chi connectivity index (χ1n) is 7.00. The highest BCUT2D eigenvalue weighted by Crippen LogP contribution is 2.48. The molecule has 2 aliphatic carbocycles. The van der Waals surface area contributed by atoms with Crippen LogP contribution < -0.4 is 5.49 Å². The molecule has 0 saturated carbocycles. The Kier molecular flexibility index (Phi) is 1.75. The van der Waals surface area contributed by atoms with Crippen LogP contribution in [0.25, 0.3) is 17.1 Å². The number of nitrogens with one attached hydrogen (secondary N) is 1.